The molecule has 0 saturated heterocycles. The molecule has 0 fully saturated rings. The molecule has 0 aromatic heterocycles. The van der Waals surface area contributed by atoms with E-state index in [1.54, 1.807) is 0 Å². The van der Waals surface area contributed by atoms with Gasteiger partial charge < -0.3 is 33.8 Å². The highest BCUT2D eigenvalue weighted by Gasteiger charge is 2.30. The van der Waals surface area contributed by atoms with E-state index >= 15 is 0 Å². The lowest BCUT2D eigenvalue weighted by atomic mass is 10.1. The van der Waals surface area contributed by atoms with Crippen LogP contribution in [0, 0.1) is 0 Å². The molecule has 19 heteroatoms. The molecule has 0 aliphatic heterocycles. The first-order chi connectivity index (χ1) is 47.7. The Morgan fingerprint density at radius 1 is 0.296 bits per heavy atom. The molecule has 0 spiro atoms. The van der Waals surface area contributed by atoms with E-state index in [2.05, 4.69) is 101 Å². The van der Waals surface area contributed by atoms with Crippen LogP contribution in [0.15, 0.2) is 72.9 Å². The zero-order valence-corrected chi connectivity index (χ0v) is 64.0. The summed E-state index contributed by atoms with van der Waals surface area (Å²) in [6, 6.07) is 0. The predicted octanol–water partition coefficient (Wildman–Crippen LogP) is 22.4. The highest BCUT2D eigenvalue weighted by molar-refractivity contribution is 7.47. The van der Waals surface area contributed by atoms with Crippen molar-refractivity contribution in [1.29, 1.82) is 0 Å². The summed E-state index contributed by atoms with van der Waals surface area (Å²) in [7, 11) is -9.95. The fourth-order valence-corrected chi connectivity index (χ4v) is 12.2. The van der Waals surface area contributed by atoms with Crippen LogP contribution in [-0.4, -0.2) is 96.7 Å². The van der Waals surface area contributed by atoms with Gasteiger partial charge in [-0.2, -0.15) is 0 Å². The van der Waals surface area contributed by atoms with Gasteiger partial charge in [0.1, 0.15) is 19.3 Å². The summed E-state index contributed by atoms with van der Waals surface area (Å²) in [5, 5.41) is 10.6. The topological polar surface area (TPSA) is 237 Å². The summed E-state index contributed by atoms with van der Waals surface area (Å²) in [4.78, 5) is 72.9. The molecule has 0 aliphatic rings. The first kappa shape index (κ1) is 94.5. The molecule has 98 heavy (non-hydrogen) atoms. The van der Waals surface area contributed by atoms with Gasteiger partial charge in [0.15, 0.2) is 12.2 Å². The molecule has 0 aromatic carbocycles. The van der Waals surface area contributed by atoms with Crippen molar-refractivity contribution in [1.82, 2.24) is 0 Å². The van der Waals surface area contributed by atoms with Crippen LogP contribution in [0.3, 0.4) is 0 Å². The molecule has 3 N–H and O–H groups in total. The number of ether oxygens (including phenoxy) is 4. The number of allylic oxidation sites excluding steroid dienone is 12. The number of esters is 4. The number of aliphatic hydroxyl groups is 1. The fraction of sp³-hybridized carbons (Fsp3) is 0.797. The van der Waals surface area contributed by atoms with Gasteiger partial charge >= 0.3 is 39.5 Å². The average molecular weight is 1430 g/mol. The van der Waals surface area contributed by atoms with Crippen molar-refractivity contribution in [3.63, 3.8) is 0 Å². The Bertz CT molecular complexity index is 2140. The molecule has 0 aliphatic carbocycles. The number of carbonyl (C=O) groups excluding carboxylic acids is 4. The number of aliphatic hydroxyl groups excluding tert-OH is 1. The number of phosphoric acid groups is 2. The van der Waals surface area contributed by atoms with Crippen LogP contribution in [0.5, 0.6) is 0 Å². The first-order valence-electron chi connectivity index (χ1n) is 39.2. The molecule has 0 aromatic rings. The molecular weight excluding hydrogens is 1280 g/mol. The molecule has 570 valence electrons. The van der Waals surface area contributed by atoms with Gasteiger partial charge in [-0.15, -0.1) is 0 Å². The van der Waals surface area contributed by atoms with Gasteiger partial charge in [-0.3, -0.25) is 37.3 Å². The van der Waals surface area contributed by atoms with Crippen molar-refractivity contribution < 1.29 is 80.2 Å². The molecule has 0 rings (SSSR count). The average Bonchev–Trinajstić information content (AvgIpc) is 1.04. The van der Waals surface area contributed by atoms with Crippen LogP contribution in [0.2, 0.25) is 0 Å². The monoisotopic (exact) mass is 1420 g/mol. The maximum atomic E-state index is 13.1. The van der Waals surface area contributed by atoms with Crippen LogP contribution < -0.4 is 0 Å². The predicted molar refractivity (Wildman–Crippen MR) is 400 cm³/mol. The van der Waals surface area contributed by atoms with Crippen LogP contribution in [0.1, 0.15) is 349 Å². The van der Waals surface area contributed by atoms with E-state index in [0.717, 1.165) is 161 Å². The fourth-order valence-electron chi connectivity index (χ4n) is 10.6. The van der Waals surface area contributed by atoms with Crippen molar-refractivity contribution in [3.05, 3.63) is 72.9 Å². The summed E-state index contributed by atoms with van der Waals surface area (Å²) in [5.41, 5.74) is 0. The maximum Gasteiger partial charge on any atom is 0.472 e. The van der Waals surface area contributed by atoms with Crippen molar-refractivity contribution >= 4 is 39.5 Å². The van der Waals surface area contributed by atoms with Crippen molar-refractivity contribution in [2.75, 3.05) is 39.6 Å². The smallest absolute Gasteiger partial charge is 0.462 e. The summed E-state index contributed by atoms with van der Waals surface area (Å²) >= 11 is 0. The minimum Gasteiger partial charge on any atom is -0.462 e. The van der Waals surface area contributed by atoms with Gasteiger partial charge in [0.05, 0.1) is 26.4 Å². The van der Waals surface area contributed by atoms with E-state index in [0.29, 0.717) is 25.7 Å². The second-order valence-corrected chi connectivity index (χ2v) is 29.2. The molecular formula is C79H142O17P2. The number of hydrogen-bond acceptors (Lipinski definition) is 15. The van der Waals surface area contributed by atoms with Crippen LogP contribution in [0.25, 0.3) is 0 Å². The SMILES string of the molecule is CCCCC/C=C\C/C=C\CCCCCCCC(=O)OC[C@H](COP(=O)(O)OC[C@@H](O)COP(=O)(O)OC[C@@H](COC(=O)CCCCCCC/C=C\CCCCCC)OC(=O)CCCCCCC/C=C\C=C/CCCCCC)OC(=O)CCCCCCC/C=C\CCCCCCCC. The zero-order chi connectivity index (χ0) is 71.8. The Morgan fingerprint density at radius 3 is 0.857 bits per heavy atom. The van der Waals surface area contributed by atoms with Crippen LogP contribution in [0.4, 0.5) is 0 Å². The zero-order valence-electron chi connectivity index (χ0n) is 62.2. The summed E-state index contributed by atoms with van der Waals surface area (Å²) in [5.74, 6) is -2.20. The van der Waals surface area contributed by atoms with Crippen LogP contribution in [-0.2, 0) is 65.4 Å². The van der Waals surface area contributed by atoms with Gasteiger partial charge in [0.2, 0.25) is 0 Å². The molecule has 0 amide bonds. The highest BCUT2D eigenvalue weighted by atomic mass is 31.2. The Hall–Kier alpha value is -3.50. The van der Waals surface area contributed by atoms with E-state index in [9.17, 15) is 43.2 Å². The van der Waals surface area contributed by atoms with Gasteiger partial charge in [0, 0.05) is 25.7 Å². The van der Waals surface area contributed by atoms with E-state index in [1.807, 2.05) is 0 Å². The third kappa shape index (κ3) is 70.9. The van der Waals surface area contributed by atoms with Gasteiger partial charge in [-0.1, -0.05) is 261 Å². The van der Waals surface area contributed by atoms with Gasteiger partial charge in [-0.05, 0) is 135 Å². The van der Waals surface area contributed by atoms with E-state index in [1.165, 1.54) is 109 Å². The molecule has 0 heterocycles. The highest BCUT2D eigenvalue weighted by Crippen LogP contribution is 2.45. The minimum atomic E-state index is -4.98. The minimum absolute atomic E-state index is 0.0780. The lowest BCUT2D eigenvalue weighted by Gasteiger charge is -2.21. The van der Waals surface area contributed by atoms with Crippen LogP contribution >= 0.6 is 15.6 Å². The quantitative estimate of drug-likeness (QED) is 0.0128. The van der Waals surface area contributed by atoms with Crippen molar-refractivity contribution in [2.45, 2.75) is 367 Å². The molecule has 0 radical (unpaired) electrons. The number of unbranched alkanes of at least 4 members (excludes halogenated alkanes) is 37. The molecule has 2 unspecified atom stereocenters. The van der Waals surface area contributed by atoms with E-state index in [4.69, 9.17) is 37.0 Å². The lowest BCUT2D eigenvalue weighted by Crippen LogP contribution is -2.30. The second kappa shape index (κ2) is 71.9. The van der Waals surface area contributed by atoms with Crippen molar-refractivity contribution in [2.24, 2.45) is 0 Å². The first-order valence-corrected chi connectivity index (χ1v) is 42.2. The molecule has 0 bridgehead atoms. The molecule has 17 nitrogen and oxygen atoms in total. The third-order valence-corrected chi connectivity index (χ3v) is 18.5. The van der Waals surface area contributed by atoms with E-state index in [-0.39, 0.29) is 25.7 Å². The number of carbonyl (C=O) groups is 4. The molecule has 0 saturated carbocycles. The summed E-state index contributed by atoms with van der Waals surface area (Å²) in [6.07, 6.45) is 71.6. The third-order valence-electron chi connectivity index (χ3n) is 16.6. The Balaban J connectivity index is 5.37. The summed E-state index contributed by atoms with van der Waals surface area (Å²) in [6.45, 7) is 4.80. The Morgan fingerprint density at radius 2 is 0.531 bits per heavy atom. The van der Waals surface area contributed by atoms with Crippen molar-refractivity contribution in [3.8, 4) is 0 Å². The van der Waals surface area contributed by atoms with Gasteiger partial charge in [-0.25, -0.2) is 9.13 Å². The number of phosphoric ester groups is 2. The second-order valence-electron chi connectivity index (χ2n) is 26.3. The number of hydrogen-bond donors (Lipinski definition) is 3. The normalized spacial score (nSPS) is 14.3. The summed E-state index contributed by atoms with van der Waals surface area (Å²) < 4.78 is 68.5. The standard InChI is InChI=1S/C79H142O17P2/c1-5-9-13-17-21-25-29-33-36-40-44-48-52-56-60-64-77(82)90-70-75(96-79(84)66-62-58-54-50-46-42-38-35-31-27-23-19-15-11-7-3)72-94-98(87,88)92-68-73(80)67-91-97(85,86)93-71-74(69-89-76(81)63-59-55-51-47-43-39-32-28-24-20-16-12-8-4)95-78(83)65-61-57-53-49-45-41-37-34-30-26-22-18-14-10-6-2/h21,25-26,28,30,32-38,73-75,80H,5-20,22-24,27,29,31,39-72H2,1-4H3,(H,85,86)(H,87,88)/b25-21-,30-26-,32-28-,36-33-,37-34-,38-35-/t73-,74+,75+/m0/s1. The van der Waals surface area contributed by atoms with Gasteiger partial charge in [0.25, 0.3) is 0 Å². The maximum absolute atomic E-state index is 13.1. The molecule has 5 atom stereocenters. The Labute approximate surface area is 596 Å². The Kier molecular flexibility index (Phi) is 69.3. The van der Waals surface area contributed by atoms with E-state index < -0.39 is 97.5 Å². The largest absolute Gasteiger partial charge is 0.472 e. The lowest BCUT2D eigenvalue weighted by molar-refractivity contribution is -0.161. The number of rotatable bonds is 74.